The van der Waals surface area contributed by atoms with Crippen molar-refractivity contribution >= 4 is 33.0 Å². The van der Waals surface area contributed by atoms with Gasteiger partial charge in [0.15, 0.2) is 23.0 Å². The number of ether oxygens (including phenoxy) is 4. The van der Waals surface area contributed by atoms with Crippen LogP contribution in [0.1, 0.15) is 30.8 Å². The first kappa shape index (κ1) is 23.9. The summed E-state index contributed by atoms with van der Waals surface area (Å²) in [7, 11) is 0. The number of rotatable bonds is 8. The highest BCUT2D eigenvalue weighted by molar-refractivity contribution is 9.10. The predicted molar refractivity (Wildman–Crippen MR) is 141 cm³/mol. The minimum absolute atomic E-state index is 0.219. The minimum Gasteiger partial charge on any atom is -0.490 e. The number of nitrogens with zero attached hydrogens (tertiary/aromatic N) is 3. The third-order valence-corrected chi connectivity index (χ3v) is 6.11. The molecule has 0 aliphatic carbocycles. The Hall–Kier alpha value is -3.85. The van der Waals surface area contributed by atoms with Gasteiger partial charge in [0.2, 0.25) is 6.79 Å². The maximum Gasteiger partial charge on any atom is 0.282 e. The van der Waals surface area contributed by atoms with Gasteiger partial charge >= 0.3 is 0 Å². The van der Waals surface area contributed by atoms with Crippen molar-refractivity contribution in [1.29, 1.82) is 0 Å². The molecule has 0 saturated carbocycles. The molecule has 1 aliphatic rings. The van der Waals surface area contributed by atoms with Gasteiger partial charge in [0.05, 0.1) is 23.7 Å². The third-order valence-electron chi connectivity index (χ3n) is 5.61. The molecule has 0 spiro atoms. The molecule has 4 aromatic rings. The topological polar surface area (TPSA) is 84.2 Å². The standard InChI is InChI=1S/C27H24BrN3O5/c1-3-26-30-21-8-7-19(28)13-20(21)27(32)31(26)29-14-17-5-9-22(24(11-17)33-4-2)34-15-18-6-10-23-25(12-18)36-16-35-23/h5-14H,3-4,15-16H2,1-2H3. The largest absolute Gasteiger partial charge is 0.490 e. The summed E-state index contributed by atoms with van der Waals surface area (Å²) in [6.45, 7) is 4.91. The van der Waals surface area contributed by atoms with E-state index in [9.17, 15) is 4.79 Å². The van der Waals surface area contributed by atoms with Gasteiger partial charge in [0, 0.05) is 10.9 Å². The lowest BCUT2D eigenvalue weighted by molar-refractivity contribution is 0.174. The van der Waals surface area contributed by atoms with Crippen LogP contribution in [-0.4, -0.2) is 29.3 Å². The van der Waals surface area contributed by atoms with Gasteiger partial charge in [0.25, 0.3) is 5.56 Å². The molecule has 1 aliphatic heterocycles. The molecule has 0 bridgehead atoms. The van der Waals surface area contributed by atoms with Gasteiger partial charge < -0.3 is 18.9 Å². The summed E-state index contributed by atoms with van der Waals surface area (Å²) in [4.78, 5) is 17.7. The van der Waals surface area contributed by atoms with Crippen molar-refractivity contribution in [3.8, 4) is 23.0 Å². The summed E-state index contributed by atoms with van der Waals surface area (Å²) < 4.78 is 24.8. The van der Waals surface area contributed by atoms with Crippen LogP contribution in [-0.2, 0) is 13.0 Å². The van der Waals surface area contributed by atoms with Crippen LogP contribution < -0.4 is 24.5 Å². The van der Waals surface area contributed by atoms with Gasteiger partial charge in [0.1, 0.15) is 12.4 Å². The zero-order valence-electron chi connectivity index (χ0n) is 19.9. The molecule has 0 radical (unpaired) electrons. The number of hydrogen-bond donors (Lipinski definition) is 0. The molecule has 3 aromatic carbocycles. The maximum atomic E-state index is 13.1. The van der Waals surface area contributed by atoms with Crippen LogP contribution in [0.2, 0.25) is 0 Å². The van der Waals surface area contributed by atoms with Crippen molar-refractivity contribution in [2.75, 3.05) is 13.4 Å². The van der Waals surface area contributed by atoms with Gasteiger partial charge in [-0.2, -0.15) is 9.78 Å². The third kappa shape index (κ3) is 4.92. The predicted octanol–water partition coefficient (Wildman–Crippen LogP) is 5.31. The number of aromatic nitrogens is 2. The zero-order chi connectivity index (χ0) is 25.1. The van der Waals surface area contributed by atoms with Gasteiger partial charge in [-0.3, -0.25) is 4.79 Å². The normalized spacial score (nSPS) is 12.4. The second-order valence-corrected chi connectivity index (χ2v) is 8.94. The number of aryl methyl sites for hydroxylation is 1. The number of fused-ring (bicyclic) bond motifs is 2. The monoisotopic (exact) mass is 549 g/mol. The quantitative estimate of drug-likeness (QED) is 0.277. The molecule has 184 valence electrons. The lowest BCUT2D eigenvalue weighted by atomic mass is 10.2. The number of halogens is 1. The molecule has 0 fully saturated rings. The van der Waals surface area contributed by atoms with Crippen LogP contribution in [0, 0.1) is 0 Å². The molecule has 1 aromatic heterocycles. The van der Waals surface area contributed by atoms with Gasteiger partial charge in [-0.1, -0.05) is 28.9 Å². The average Bonchev–Trinajstić information content (AvgIpc) is 3.36. The fraction of sp³-hybridized carbons (Fsp3) is 0.222. The van der Waals surface area contributed by atoms with Crippen LogP contribution >= 0.6 is 15.9 Å². The van der Waals surface area contributed by atoms with Crippen LogP contribution in [0.4, 0.5) is 0 Å². The molecule has 5 rings (SSSR count). The zero-order valence-corrected chi connectivity index (χ0v) is 21.4. The van der Waals surface area contributed by atoms with E-state index in [0.29, 0.717) is 53.6 Å². The summed E-state index contributed by atoms with van der Waals surface area (Å²) in [5.41, 5.74) is 2.14. The SMILES string of the molecule is CCOc1cc(C=Nn2c(CC)nc3ccc(Br)cc3c2=O)ccc1OCc1ccc2c(c1)OCO2. The van der Waals surface area contributed by atoms with E-state index in [-0.39, 0.29) is 12.4 Å². The number of hydrogen-bond acceptors (Lipinski definition) is 7. The summed E-state index contributed by atoms with van der Waals surface area (Å²) in [6, 6.07) is 16.7. The molecule has 0 atom stereocenters. The van der Waals surface area contributed by atoms with Crippen molar-refractivity contribution in [3.05, 3.63) is 86.4 Å². The van der Waals surface area contributed by atoms with Crippen molar-refractivity contribution in [2.45, 2.75) is 26.9 Å². The van der Waals surface area contributed by atoms with Crippen LogP contribution in [0.5, 0.6) is 23.0 Å². The summed E-state index contributed by atoms with van der Waals surface area (Å²) >= 11 is 3.42. The highest BCUT2D eigenvalue weighted by atomic mass is 79.9. The average molecular weight is 550 g/mol. The van der Waals surface area contributed by atoms with E-state index in [1.807, 2.05) is 62.4 Å². The maximum absolute atomic E-state index is 13.1. The molecule has 9 heteroatoms. The molecule has 8 nitrogen and oxygen atoms in total. The summed E-state index contributed by atoms with van der Waals surface area (Å²) in [5, 5.41) is 4.96. The highest BCUT2D eigenvalue weighted by Gasteiger charge is 2.14. The molecule has 0 amide bonds. The van der Waals surface area contributed by atoms with Crippen molar-refractivity contribution in [2.24, 2.45) is 5.10 Å². The van der Waals surface area contributed by atoms with Gasteiger partial charge in [-0.05, 0) is 66.6 Å². The Morgan fingerprint density at radius 1 is 1.03 bits per heavy atom. The van der Waals surface area contributed by atoms with E-state index < -0.39 is 0 Å². The van der Waals surface area contributed by atoms with E-state index in [4.69, 9.17) is 18.9 Å². The smallest absolute Gasteiger partial charge is 0.282 e. The lowest BCUT2D eigenvalue weighted by Gasteiger charge is -2.13. The van der Waals surface area contributed by atoms with Crippen LogP contribution in [0.3, 0.4) is 0 Å². The van der Waals surface area contributed by atoms with Crippen molar-refractivity contribution in [1.82, 2.24) is 9.66 Å². The van der Waals surface area contributed by atoms with Gasteiger partial charge in [-0.25, -0.2) is 4.98 Å². The van der Waals surface area contributed by atoms with E-state index >= 15 is 0 Å². The Balaban J connectivity index is 1.40. The first-order valence-corrected chi connectivity index (χ1v) is 12.4. The van der Waals surface area contributed by atoms with E-state index in [1.165, 1.54) is 4.68 Å². The van der Waals surface area contributed by atoms with Crippen LogP contribution in [0.25, 0.3) is 10.9 Å². The molecular formula is C27H24BrN3O5. The highest BCUT2D eigenvalue weighted by Crippen LogP contribution is 2.34. The van der Waals surface area contributed by atoms with E-state index in [2.05, 4.69) is 26.0 Å². The Bertz CT molecular complexity index is 1520. The number of benzene rings is 3. The molecule has 2 heterocycles. The second kappa shape index (κ2) is 10.4. The van der Waals surface area contributed by atoms with E-state index in [1.54, 1.807) is 12.3 Å². The molecular weight excluding hydrogens is 526 g/mol. The van der Waals surface area contributed by atoms with E-state index in [0.717, 1.165) is 21.3 Å². The summed E-state index contributed by atoms with van der Waals surface area (Å²) in [5.74, 6) is 3.22. The Morgan fingerprint density at radius 2 is 1.89 bits per heavy atom. The summed E-state index contributed by atoms with van der Waals surface area (Å²) in [6.07, 6.45) is 2.19. The fourth-order valence-corrected chi connectivity index (χ4v) is 4.21. The van der Waals surface area contributed by atoms with Crippen LogP contribution in [0.15, 0.2) is 69.0 Å². The molecule has 0 N–H and O–H groups in total. The minimum atomic E-state index is -0.219. The Labute approximate surface area is 216 Å². The Morgan fingerprint density at radius 3 is 2.72 bits per heavy atom. The molecule has 36 heavy (non-hydrogen) atoms. The second-order valence-electron chi connectivity index (χ2n) is 8.02. The lowest BCUT2D eigenvalue weighted by Crippen LogP contribution is -2.22. The first-order valence-electron chi connectivity index (χ1n) is 11.6. The first-order chi connectivity index (χ1) is 17.6. The van der Waals surface area contributed by atoms with Gasteiger partial charge in [-0.15, -0.1) is 0 Å². The molecule has 0 saturated heterocycles. The van der Waals surface area contributed by atoms with Crippen molar-refractivity contribution < 1.29 is 18.9 Å². The molecule has 0 unspecified atom stereocenters. The fourth-order valence-electron chi connectivity index (χ4n) is 3.85. The van der Waals surface area contributed by atoms with Crippen molar-refractivity contribution in [3.63, 3.8) is 0 Å². The Kier molecular flexibility index (Phi) is 6.90.